The van der Waals surface area contributed by atoms with E-state index in [4.69, 9.17) is 21.7 Å². The SMILES string of the molecule is CCc1ccccc1N=c1scc(-c2ccc(Cl)c(S(N)(=O)=O)c2)n1C.Cl. The van der Waals surface area contributed by atoms with Crippen LogP contribution in [0, 0.1) is 0 Å². The maximum absolute atomic E-state index is 11.7. The van der Waals surface area contributed by atoms with Crippen molar-refractivity contribution >= 4 is 51.1 Å². The first-order valence-corrected chi connectivity index (χ1v) is 10.7. The minimum absolute atomic E-state index is 0. The van der Waals surface area contributed by atoms with Crippen molar-refractivity contribution in [3.63, 3.8) is 0 Å². The number of aryl methyl sites for hydroxylation is 1. The maximum Gasteiger partial charge on any atom is 0.239 e. The first kappa shape index (κ1) is 21.7. The highest BCUT2D eigenvalue weighted by molar-refractivity contribution is 7.89. The number of nitrogens with two attached hydrogens (primary N) is 1. The molecule has 0 fully saturated rings. The van der Waals surface area contributed by atoms with E-state index in [-0.39, 0.29) is 22.3 Å². The van der Waals surface area contributed by atoms with Crippen LogP contribution < -0.4 is 9.94 Å². The summed E-state index contributed by atoms with van der Waals surface area (Å²) in [4.78, 5) is 5.49. The summed E-state index contributed by atoms with van der Waals surface area (Å²) in [6.45, 7) is 2.09. The van der Waals surface area contributed by atoms with Crippen LogP contribution in [0.5, 0.6) is 0 Å². The van der Waals surface area contributed by atoms with Crippen LogP contribution in [-0.2, 0) is 23.5 Å². The van der Waals surface area contributed by atoms with Crippen LogP contribution in [0.25, 0.3) is 11.3 Å². The normalized spacial score (nSPS) is 12.1. The summed E-state index contributed by atoms with van der Waals surface area (Å²) in [6.07, 6.45) is 0.899. The number of sulfonamides is 1. The molecule has 144 valence electrons. The highest BCUT2D eigenvalue weighted by atomic mass is 35.5. The Morgan fingerprint density at radius 1 is 1.22 bits per heavy atom. The van der Waals surface area contributed by atoms with Crippen molar-refractivity contribution in [2.45, 2.75) is 18.2 Å². The fourth-order valence-corrected chi connectivity index (χ4v) is 4.63. The number of para-hydroxylation sites is 1. The van der Waals surface area contributed by atoms with Crippen molar-refractivity contribution in [2.75, 3.05) is 0 Å². The number of hydrogen-bond acceptors (Lipinski definition) is 4. The number of hydrogen-bond donors (Lipinski definition) is 1. The third-order valence-corrected chi connectivity index (χ3v) is 6.36. The van der Waals surface area contributed by atoms with Gasteiger partial charge in [-0.15, -0.1) is 23.7 Å². The van der Waals surface area contributed by atoms with Crippen LogP contribution in [0.1, 0.15) is 12.5 Å². The number of rotatable bonds is 4. The number of aromatic nitrogens is 1. The molecule has 0 atom stereocenters. The van der Waals surface area contributed by atoms with Crippen LogP contribution in [0.2, 0.25) is 5.02 Å². The molecule has 0 bridgehead atoms. The van der Waals surface area contributed by atoms with E-state index in [1.807, 2.05) is 35.2 Å². The maximum atomic E-state index is 11.7. The molecular weight excluding hydrogens is 425 g/mol. The van der Waals surface area contributed by atoms with E-state index in [2.05, 4.69) is 13.0 Å². The molecule has 9 heteroatoms. The molecule has 0 spiro atoms. The van der Waals surface area contributed by atoms with Crippen molar-refractivity contribution in [1.82, 2.24) is 4.57 Å². The van der Waals surface area contributed by atoms with Gasteiger partial charge in [-0.3, -0.25) is 0 Å². The van der Waals surface area contributed by atoms with Gasteiger partial charge in [0.05, 0.1) is 16.4 Å². The van der Waals surface area contributed by atoms with E-state index in [9.17, 15) is 8.42 Å². The molecule has 27 heavy (non-hydrogen) atoms. The zero-order chi connectivity index (χ0) is 18.9. The van der Waals surface area contributed by atoms with Crippen LogP contribution in [0.4, 0.5) is 5.69 Å². The predicted octanol–water partition coefficient (Wildman–Crippen LogP) is 4.27. The topological polar surface area (TPSA) is 77.4 Å². The molecule has 1 aromatic heterocycles. The van der Waals surface area contributed by atoms with Crippen molar-refractivity contribution in [1.29, 1.82) is 0 Å². The second kappa shape index (κ2) is 8.58. The number of benzene rings is 2. The standard InChI is InChI=1S/C18H18ClN3O2S2.ClH/c1-3-12-6-4-5-7-15(12)21-18-22(2)16(11-25-18)13-8-9-14(19)17(10-13)26(20,23)24;/h4-11H,3H2,1-2H3,(H2,20,23,24);1H. The zero-order valence-electron chi connectivity index (χ0n) is 14.7. The van der Waals surface area contributed by atoms with E-state index >= 15 is 0 Å². The first-order chi connectivity index (χ1) is 12.3. The van der Waals surface area contributed by atoms with Crippen LogP contribution >= 0.6 is 35.3 Å². The molecule has 3 aromatic rings. The van der Waals surface area contributed by atoms with Gasteiger partial charge in [0.25, 0.3) is 0 Å². The van der Waals surface area contributed by atoms with Gasteiger partial charge in [0.15, 0.2) is 4.80 Å². The molecule has 0 saturated carbocycles. The third kappa shape index (κ3) is 4.62. The largest absolute Gasteiger partial charge is 0.320 e. The molecule has 0 aliphatic carbocycles. The Labute approximate surface area is 173 Å². The quantitative estimate of drug-likeness (QED) is 0.653. The van der Waals surface area contributed by atoms with Gasteiger partial charge in [-0.25, -0.2) is 18.5 Å². The van der Waals surface area contributed by atoms with Crippen molar-refractivity contribution in [3.8, 4) is 11.3 Å². The lowest BCUT2D eigenvalue weighted by Crippen LogP contribution is -2.14. The van der Waals surface area contributed by atoms with Gasteiger partial charge in [-0.2, -0.15) is 0 Å². The Balaban J connectivity index is 0.00000261. The first-order valence-electron chi connectivity index (χ1n) is 7.91. The second-order valence-electron chi connectivity index (χ2n) is 5.75. The van der Waals surface area contributed by atoms with E-state index in [0.29, 0.717) is 5.56 Å². The molecule has 0 aliphatic rings. The predicted molar refractivity (Wildman–Crippen MR) is 113 cm³/mol. The summed E-state index contributed by atoms with van der Waals surface area (Å²) in [5.41, 5.74) is 3.65. The van der Waals surface area contributed by atoms with Crippen molar-refractivity contribution in [3.05, 3.63) is 63.2 Å². The number of primary sulfonamides is 1. The Hall–Kier alpha value is -1.64. The molecule has 2 N–H and O–H groups in total. The monoisotopic (exact) mass is 443 g/mol. The lowest BCUT2D eigenvalue weighted by Gasteiger charge is -2.07. The summed E-state index contributed by atoms with van der Waals surface area (Å²) < 4.78 is 25.3. The number of thiazole rings is 1. The van der Waals surface area contributed by atoms with Crippen LogP contribution in [0.15, 0.2) is 57.7 Å². The van der Waals surface area contributed by atoms with Gasteiger partial charge >= 0.3 is 0 Å². The van der Waals surface area contributed by atoms with E-state index in [1.54, 1.807) is 6.07 Å². The summed E-state index contributed by atoms with van der Waals surface area (Å²) in [5, 5.41) is 7.29. The highest BCUT2D eigenvalue weighted by Gasteiger charge is 2.15. The Kier molecular flexibility index (Phi) is 6.88. The average molecular weight is 444 g/mol. The van der Waals surface area contributed by atoms with Crippen molar-refractivity contribution in [2.24, 2.45) is 17.2 Å². The van der Waals surface area contributed by atoms with Gasteiger partial charge in [0, 0.05) is 18.0 Å². The Morgan fingerprint density at radius 2 is 1.93 bits per heavy atom. The molecule has 0 radical (unpaired) electrons. The Morgan fingerprint density at radius 3 is 2.59 bits per heavy atom. The average Bonchev–Trinajstić information content (AvgIpc) is 2.95. The minimum Gasteiger partial charge on any atom is -0.320 e. The van der Waals surface area contributed by atoms with Gasteiger partial charge in [-0.05, 0) is 30.2 Å². The summed E-state index contributed by atoms with van der Waals surface area (Å²) in [5.74, 6) is 0. The molecular formula is C18H19Cl2N3O2S2. The molecule has 1 heterocycles. The van der Waals surface area contributed by atoms with E-state index in [1.165, 1.54) is 29.0 Å². The van der Waals surface area contributed by atoms with Gasteiger partial charge < -0.3 is 4.57 Å². The lowest BCUT2D eigenvalue weighted by atomic mass is 10.1. The van der Waals surface area contributed by atoms with Crippen LogP contribution in [0.3, 0.4) is 0 Å². The zero-order valence-corrected chi connectivity index (χ0v) is 17.9. The summed E-state index contributed by atoms with van der Waals surface area (Å²) in [7, 11) is -2.00. The molecule has 0 saturated heterocycles. The van der Waals surface area contributed by atoms with Gasteiger partial charge in [0.1, 0.15) is 4.90 Å². The minimum atomic E-state index is -3.89. The van der Waals surface area contributed by atoms with E-state index < -0.39 is 10.0 Å². The smallest absolute Gasteiger partial charge is 0.239 e. The van der Waals surface area contributed by atoms with Gasteiger partial charge in [0.2, 0.25) is 10.0 Å². The highest BCUT2D eigenvalue weighted by Crippen LogP contribution is 2.28. The number of halogens is 2. The van der Waals surface area contributed by atoms with Crippen LogP contribution in [-0.4, -0.2) is 13.0 Å². The molecule has 5 nitrogen and oxygen atoms in total. The number of nitrogens with zero attached hydrogens (tertiary/aromatic N) is 2. The molecule has 0 aliphatic heterocycles. The fourth-order valence-electron chi connectivity index (χ4n) is 2.64. The molecule has 0 unspecified atom stereocenters. The third-order valence-electron chi connectivity index (χ3n) is 4.05. The van der Waals surface area contributed by atoms with E-state index in [0.717, 1.165) is 22.6 Å². The second-order valence-corrected chi connectivity index (χ2v) is 8.52. The van der Waals surface area contributed by atoms with Crippen molar-refractivity contribution < 1.29 is 8.42 Å². The molecule has 2 aromatic carbocycles. The molecule has 0 amide bonds. The Bertz CT molecular complexity index is 1140. The summed E-state index contributed by atoms with van der Waals surface area (Å²) >= 11 is 7.46. The fraction of sp³-hybridized carbons (Fsp3) is 0.167. The lowest BCUT2D eigenvalue weighted by molar-refractivity contribution is 0.598. The molecule has 3 rings (SSSR count). The van der Waals surface area contributed by atoms with Gasteiger partial charge in [-0.1, -0.05) is 42.8 Å². The summed E-state index contributed by atoms with van der Waals surface area (Å²) in [6, 6.07) is 12.8.